The molecule has 15 nitrogen and oxygen atoms in total. The second kappa shape index (κ2) is 15.7. The zero-order valence-electron chi connectivity index (χ0n) is 19.5. The molecule has 1 heterocycles. The number of esters is 1. The predicted octanol–water partition coefficient (Wildman–Crippen LogP) is 0.508. The van der Waals surface area contributed by atoms with Crippen molar-refractivity contribution in [2.24, 2.45) is 5.92 Å². The van der Waals surface area contributed by atoms with Crippen LogP contribution >= 0.6 is 11.8 Å². The van der Waals surface area contributed by atoms with Crippen molar-refractivity contribution in [3.63, 3.8) is 0 Å². The maximum atomic E-state index is 12.8. The number of carbonyl (C=O) groups excluding carboxylic acids is 4. The number of hydrogen-bond donors (Lipinski definition) is 1. The molecule has 1 N–H and O–H groups in total. The fourth-order valence-corrected chi connectivity index (χ4v) is 4.04. The van der Waals surface area contributed by atoms with Crippen LogP contribution in [-0.4, -0.2) is 82.2 Å². The highest BCUT2D eigenvalue weighted by Crippen LogP contribution is 2.23. The van der Waals surface area contributed by atoms with E-state index in [1.165, 1.54) is 11.8 Å². The van der Waals surface area contributed by atoms with Gasteiger partial charge >= 0.3 is 5.97 Å². The van der Waals surface area contributed by atoms with Crippen LogP contribution in [0.4, 0.5) is 0 Å². The fourth-order valence-electron chi connectivity index (χ4n) is 3.17. The first-order chi connectivity index (χ1) is 16.5. The molecule has 0 bridgehead atoms. The number of thioether (sulfide) groups is 1. The summed E-state index contributed by atoms with van der Waals surface area (Å²) in [7, 11) is 0. The van der Waals surface area contributed by atoms with Gasteiger partial charge in [-0.15, -0.1) is 20.2 Å². The summed E-state index contributed by atoms with van der Waals surface area (Å²) in [6.07, 6.45) is 1.28. The van der Waals surface area contributed by atoms with Gasteiger partial charge in [0, 0.05) is 31.1 Å². The molecule has 1 fully saturated rings. The highest BCUT2D eigenvalue weighted by molar-refractivity contribution is 8.13. The predicted molar refractivity (Wildman–Crippen MR) is 120 cm³/mol. The van der Waals surface area contributed by atoms with E-state index < -0.39 is 40.1 Å². The number of amides is 2. The maximum Gasteiger partial charge on any atom is 0.328 e. The minimum atomic E-state index is -0.950. The van der Waals surface area contributed by atoms with E-state index in [1.54, 1.807) is 6.92 Å². The lowest BCUT2D eigenvalue weighted by Gasteiger charge is -2.26. The number of nitrogens with zero attached hydrogens (tertiary/aromatic N) is 3. The van der Waals surface area contributed by atoms with E-state index in [-0.39, 0.29) is 55.9 Å². The van der Waals surface area contributed by atoms with Crippen LogP contribution < -0.4 is 5.32 Å². The second-order valence-electron chi connectivity index (χ2n) is 7.75. The van der Waals surface area contributed by atoms with Crippen LogP contribution in [0.25, 0.3) is 0 Å². The van der Waals surface area contributed by atoms with Crippen molar-refractivity contribution in [1.82, 2.24) is 10.2 Å². The molecule has 0 aliphatic carbocycles. The van der Waals surface area contributed by atoms with E-state index in [0.29, 0.717) is 19.4 Å². The number of hydrogen-bond acceptors (Lipinski definition) is 12. The summed E-state index contributed by atoms with van der Waals surface area (Å²) in [5, 5.41) is 20.4. The minimum absolute atomic E-state index is 0.0415. The topological polar surface area (TPSA) is 198 Å². The molecule has 0 spiro atoms. The Morgan fingerprint density at radius 2 is 1.69 bits per heavy atom. The Hall–Kier alpha value is -3.17. The van der Waals surface area contributed by atoms with Gasteiger partial charge in [0.25, 0.3) is 10.2 Å². The van der Waals surface area contributed by atoms with Gasteiger partial charge in [0.1, 0.15) is 6.04 Å². The number of likely N-dealkylation sites (tertiary alicyclic amines) is 1. The SMILES string of the molecule is CC(NC(=O)CCCO[N+](=O)[O-])C(=O)SC[C@@H](C)C(=O)N1CCC[C@H]1C(=O)OCCCO[N+](=O)[O-]. The molecular weight excluding hydrogens is 492 g/mol. The molecule has 1 saturated heterocycles. The van der Waals surface area contributed by atoms with Crippen molar-refractivity contribution in [2.75, 3.05) is 32.1 Å². The lowest BCUT2D eigenvalue weighted by molar-refractivity contribution is -0.757. The first-order valence-electron chi connectivity index (χ1n) is 11.0. The van der Waals surface area contributed by atoms with Gasteiger partial charge in [-0.25, -0.2) is 4.79 Å². The van der Waals surface area contributed by atoms with Gasteiger partial charge in [0.2, 0.25) is 16.9 Å². The number of nitrogens with one attached hydrogen (secondary N) is 1. The molecule has 1 unspecified atom stereocenters. The summed E-state index contributed by atoms with van der Waals surface area (Å²) in [4.78, 5) is 79.1. The van der Waals surface area contributed by atoms with Gasteiger partial charge in [-0.3, -0.25) is 14.4 Å². The van der Waals surface area contributed by atoms with Gasteiger partial charge in [-0.1, -0.05) is 18.7 Å². The Balaban J connectivity index is 2.39. The summed E-state index contributed by atoms with van der Waals surface area (Å²) in [5.74, 6) is -1.78. The monoisotopic (exact) mass is 522 g/mol. The van der Waals surface area contributed by atoms with E-state index in [4.69, 9.17) is 4.74 Å². The fraction of sp³-hybridized carbons (Fsp3) is 0.789. The Morgan fingerprint density at radius 1 is 1.06 bits per heavy atom. The summed E-state index contributed by atoms with van der Waals surface area (Å²) in [6.45, 7) is 3.01. The van der Waals surface area contributed by atoms with Crippen molar-refractivity contribution in [3.8, 4) is 0 Å². The lowest BCUT2D eigenvalue weighted by Crippen LogP contribution is -2.44. The molecule has 0 aromatic heterocycles. The van der Waals surface area contributed by atoms with E-state index in [0.717, 1.165) is 11.8 Å². The lowest BCUT2D eigenvalue weighted by atomic mass is 10.1. The first-order valence-corrected chi connectivity index (χ1v) is 12.0. The highest BCUT2D eigenvalue weighted by Gasteiger charge is 2.37. The molecule has 1 rings (SSSR count). The molecule has 1 aliphatic heterocycles. The summed E-state index contributed by atoms with van der Waals surface area (Å²) in [5.41, 5.74) is 0. The third kappa shape index (κ3) is 11.7. The molecule has 3 atom stereocenters. The quantitative estimate of drug-likeness (QED) is 0.128. The molecule has 2 amide bonds. The highest BCUT2D eigenvalue weighted by atomic mass is 32.2. The Kier molecular flexibility index (Phi) is 13.4. The Labute approximate surface area is 205 Å². The van der Waals surface area contributed by atoms with E-state index in [1.807, 2.05) is 0 Å². The normalized spacial score (nSPS) is 16.6. The van der Waals surface area contributed by atoms with Crippen molar-refractivity contribution in [2.45, 2.75) is 58.0 Å². The van der Waals surface area contributed by atoms with Crippen LogP contribution in [0.2, 0.25) is 0 Å². The average molecular weight is 523 g/mol. The van der Waals surface area contributed by atoms with Crippen LogP contribution in [0.3, 0.4) is 0 Å². The number of carbonyl (C=O) groups is 4. The second-order valence-corrected chi connectivity index (χ2v) is 8.77. The summed E-state index contributed by atoms with van der Waals surface area (Å²) < 4.78 is 5.11. The van der Waals surface area contributed by atoms with Gasteiger partial charge < -0.3 is 24.6 Å². The smallest absolute Gasteiger partial charge is 0.328 e. The minimum Gasteiger partial charge on any atom is -0.464 e. The van der Waals surface area contributed by atoms with E-state index in [2.05, 4.69) is 15.0 Å². The van der Waals surface area contributed by atoms with Crippen molar-refractivity contribution < 1.29 is 43.8 Å². The average Bonchev–Trinajstić information content (AvgIpc) is 3.28. The number of rotatable bonds is 16. The third-order valence-electron chi connectivity index (χ3n) is 4.91. The standard InChI is InChI=1S/C19H30N4O11S/c1-13(12-35-19(27)14(2)20-16(24)7-4-10-33-22(28)29)17(25)21-8-3-6-15(21)18(26)32-9-5-11-34-23(30)31/h13-15H,3-12H2,1-2H3,(H,20,24)/t13-,14?,15+/m1/s1. The zero-order valence-corrected chi connectivity index (χ0v) is 20.4. The summed E-state index contributed by atoms with van der Waals surface area (Å²) in [6, 6.07) is -1.57. The van der Waals surface area contributed by atoms with E-state index in [9.17, 15) is 39.4 Å². The molecule has 0 radical (unpaired) electrons. The van der Waals surface area contributed by atoms with Crippen molar-refractivity contribution in [3.05, 3.63) is 20.2 Å². The first kappa shape index (κ1) is 29.9. The maximum absolute atomic E-state index is 12.8. The van der Waals surface area contributed by atoms with Crippen LogP contribution in [0.5, 0.6) is 0 Å². The summed E-state index contributed by atoms with van der Waals surface area (Å²) >= 11 is 0.885. The van der Waals surface area contributed by atoms with Crippen LogP contribution in [0.15, 0.2) is 0 Å². The molecule has 16 heteroatoms. The van der Waals surface area contributed by atoms with Crippen LogP contribution in [0.1, 0.15) is 46.0 Å². The molecule has 0 aromatic rings. The van der Waals surface area contributed by atoms with Crippen molar-refractivity contribution >= 4 is 34.7 Å². The van der Waals surface area contributed by atoms with Crippen molar-refractivity contribution in [1.29, 1.82) is 0 Å². The largest absolute Gasteiger partial charge is 0.464 e. The molecule has 35 heavy (non-hydrogen) atoms. The zero-order chi connectivity index (χ0) is 26.4. The van der Waals surface area contributed by atoms with Gasteiger partial charge in [0.05, 0.1) is 25.9 Å². The Morgan fingerprint density at radius 3 is 2.31 bits per heavy atom. The third-order valence-corrected chi connectivity index (χ3v) is 6.22. The molecular formula is C19H30N4O11S. The van der Waals surface area contributed by atoms with Crippen LogP contribution in [-0.2, 0) is 33.6 Å². The van der Waals surface area contributed by atoms with E-state index >= 15 is 0 Å². The molecule has 198 valence electrons. The van der Waals surface area contributed by atoms with Gasteiger partial charge in [-0.2, -0.15) is 0 Å². The number of ether oxygens (including phenoxy) is 1. The van der Waals surface area contributed by atoms with Crippen LogP contribution in [0, 0.1) is 26.1 Å². The van der Waals surface area contributed by atoms with Gasteiger partial charge in [-0.05, 0) is 26.2 Å². The molecule has 0 aromatic carbocycles. The molecule has 0 saturated carbocycles. The Bertz CT molecular complexity index is 782. The van der Waals surface area contributed by atoms with Gasteiger partial charge in [0.15, 0.2) is 0 Å². The molecule has 1 aliphatic rings.